The molecule has 0 N–H and O–H groups in total. The number of aryl methyl sites for hydroxylation is 1. The van der Waals surface area contributed by atoms with Crippen LogP contribution >= 0.6 is 23.2 Å². The van der Waals surface area contributed by atoms with Gasteiger partial charge in [0, 0.05) is 12.6 Å². The molecule has 0 fully saturated rings. The molecule has 1 aliphatic heterocycles. The van der Waals surface area contributed by atoms with Crippen molar-refractivity contribution < 1.29 is 4.74 Å². The zero-order valence-corrected chi connectivity index (χ0v) is 11.0. The van der Waals surface area contributed by atoms with Crippen molar-refractivity contribution >= 4 is 29.4 Å². The number of rotatable bonds is 3. The molecule has 1 atom stereocenters. The third-order valence-electron chi connectivity index (χ3n) is 2.42. The minimum absolute atomic E-state index is 0.0135. The first-order chi connectivity index (χ1) is 8.15. The number of ether oxygens (including phenoxy) is 1. The van der Waals surface area contributed by atoms with Crippen molar-refractivity contribution in [2.45, 2.75) is 18.7 Å². The van der Waals surface area contributed by atoms with Crippen LogP contribution < -0.4 is 4.74 Å². The second kappa shape index (κ2) is 5.56. The lowest BCUT2D eigenvalue weighted by Crippen LogP contribution is -2.08. The summed E-state index contributed by atoms with van der Waals surface area (Å²) in [5.74, 6) is 0.671. The van der Waals surface area contributed by atoms with Crippen LogP contribution in [0.4, 0.5) is 0 Å². The van der Waals surface area contributed by atoms with Crippen LogP contribution in [0.25, 0.3) is 0 Å². The number of nitrogens with zero attached hydrogens (tertiary/aromatic N) is 1. The van der Waals surface area contributed by atoms with Gasteiger partial charge in [0.1, 0.15) is 12.4 Å². The molecule has 90 valence electrons. The summed E-state index contributed by atoms with van der Waals surface area (Å²) in [6, 6.07) is 5.70. The van der Waals surface area contributed by atoms with E-state index in [-0.39, 0.29) is 5.38 Å². The van der Waals surface area contributed by atoms with Crippen molar-refractivity contribution in [1.29, 1.82) is 0 Å². The summed E-state index contributed by atoms with van der Waals surface area (Å²) in [7, 11) is 0. The first kappa shape index (κ1) is 12.5. The summed E-state index contributed by atoms with van der Waals surface area (Å²) in [4.78, 5) is 4.23. The van der Waals surface area contributed by atoms with Crippen LogP contribution in [0.15, 0.2) is 35.0 Å². The Hall–Kier alpha value is -0.990. The summed E-state index contributed by atoms with van der Waals surface area (Å²) in [6.45, 7) is 2.38. The molecule has 0 saturated heterocycles. The molecule has 1 aromatic rings. The Balaban J connectivity index is 2.00. The smallest absolute Gasteiger partial charge is 0.138 e. The second-order valence-corrected chi connectivity index (χ2v) is 4.91. The molecule has 17 heavy (non-hydrogen) atoms. The van der Waals surface area contributed by atoms with E-state index in [2.05, 4.69) is 4.99 Å². The van der Waals surface area contributed by atoms with E-state index in [4.69, 9.17) is 27.9 Å². The number of halogens is 2. The Morgan fingerprint density at radius 1 is 1.47 bits per heavy atom. The molecule has 1 heterocycles. The zero-order valence-electron chi connectivity index (χ0n) is 9.49. The van der Waals surface area contributed by atoms with Gasteiger partial charge in [-0.3, -0.25) is 4.99 Å². The SMILES string of the molecule is Cc1ccc(OCC2=CC(Cl)CC=N2)c(Cl)c1. The number of benzene rings is 1. The van der Waals surface area contributed by atoms with Gasteiger partial charge < -0.3 is 4.74 Å². The van der Waals surface area contributed by atoms with Crippen molar-refractivity contribution in [3.63, 3.8) is 0 Å². The van der Waals surface area contributed by atoms with E-state index in [1.54, 1.807) is 0 Å². The van der Waals surface area contributed by atoms with Crippen LogP contribution in [0.3, 0.4) is 0 Å². The molecule has 0 bridgehead atoms. The predicted octanol–water partition coefficient (Wildman–Crippen LogP) is 3.99. The summed E-state index contributed by atoms with van der Waals surface area (Å²) >= 11 is 12.1. The van der Waals surface area contributed by atoms with Gasteiger partial charge in [-0.25, -0.2) is 0 Å². The van der Waals surface area contributed by atoms with E-state index >= 15 is 0 Å². The fourth-order valence-corrected chi connectivity index (χ4v) is 2.07. The molecule has 4 heteroatoms. The summed E-state index contributed by atoms with van der Waals surface area (Å²) in [5, 5.41) is 0.632. The minimum atomic E-state index is 0.0135. The number of aliphatic imine (C=N–C) groups is 1. The van der Waals surface area contributed by atoms with E-state index in [0.29, 0.717) is 17.4 Å². The van der Waals surface area contributed by atoms with Crippen molar-refractivity contribution in [3.05, 3.63) is 40.6 Å². The lowest BCUT2D eigenvalue weighted by Gasteiger charge is -2.12. The normalized spacial score (nSPS) is 19.0. The van der Waals surface area contributed by atoms with Crippen LogP contribution in [0, 0.1) is 6.92 Å². The molecule has 0 aromatic heterocycles. The number of hydrogen-bond acceptors (Lipinski definition) is 2. The standard InChI is InChI=1S/C13H13Cl2NO/c1-9-2-3-13(12(15)6-9)17-8-11-7-10(14)4-5-16-11/h2-3,5-7,10H,4,8H2,1H3. The third kappa shape index (κ3) is 3.48. The van der Waals surface area contributed by atoms with Gasteiger partial charge in [0.15, 0.2) is 0 Å². The monoisotopic (exact) mass is 269 g/mol. The molecule has 0 saturated carbocycles. The maximum atomic E-state index is 6.07. The zero-order chi connectivity index (χ0) is 12.3. The molecule has 0 amide bonds. The van der Waals surface area contributed by atoms with E-state index in [9.17, 15) is 0 Å². The van der Waals surface area contributed by atoms with Gasteiger partial charge in [-0.15, -0.1) is 11.6 Å². The lowest BCUT2D eigenvalue weighted by atomic mass is 10.2. The maximum absolute atomic E-state index is 6.07. The van der Waals surface area contributed by atoms with Crippen LogP contribution in [0.2, 0.25) is 5.02 Å². The summed E-state index contributed by atoms with van der Waals surface area (Å²) in [5.41, 5.74) is 1.95. The van der Waals surface area contributed by atoms with Crippen molar-refractivity contribution in [3.8, 4) is 5.75 Å². The Kier molecular flexibility index (Phi) is 4.08. The molecule has 0 spiro atoms. The molecule has 1 aromatic carbocycles. The first-order valence-corrected chi connectivity index (χ1v) is 6.23. The van der Waals surface area contributed by atoms with Gasteiger partial charge >= 0.3 is 0 Å². The van der Waals surface area contributed by atoms with Gasteiger partial charge in [0.05, 0.1) is 16.1 Å². The first-order valence-electron chi connectivity index (χ1n) is 5.41. The second-order valence-electron chi connectivity index (χ2n) is 3.94. The number of allylic oxidation sites excluding steroid dienone is 1. The fourth-order valence-electron chi connectivity index (χ4n) is 1.55. The van der Waals surface area contributed by atoms with Crippen molar-refractivity contribution in [1.82, 2.24) is 0 Å². The predicted molar refractivity (Wildman–Crippen MR) is 72.5 cm³/mol. The maximum Gasteiger partial charge on any atom is 0.138 e. The highest BCUT2D eigenvalue weighted by molar-refractivity contribution is 6.32. The van der Waals surface area contributed by atoms with E-state index < -0.39 is 0 Å². The molecule has 1 aliphatic rings. The molecular weight excluding hydrogens is 257 g/mol. The Morgan fingerprint density at radius 3 is 3.00 bits per heavy atom. The molecule has 1 unspecified atom stereocenters. The highest BCUT2D eigenvalue weighted by Crippen LogP contribution is 2.26. The van der Waals surface area contributed by atoms with Gasteiger partial charge in [-0.2, -0.15) is 0 Å². The Bertz CT molecular complexity index is 468. The number of hydrogen-bond donors (Lipinski definition) is 0. The summed E-state index contributed by atoms with van der Waals surface area (Å²) < 4.78 is 5.61. The summed E-state index contributed by atoms with van der Waals surface area (Å²) in [6.07, 6.45) is 4.49. The highest BCUT2D eigenvalue weighted by Gasteiger charge is 2.08. The van der Waals surface area contributed by atoms with Gasteiger partial charge in [-0.05, 0) is 30.7 Å². The van der Waals surface area contributed by atoms with Crippen molar-refractivity contribution in [2.75, 3.05) is 6.61 Å². The molecule has 0 aliphatic carbocycles. The van der Waals surface area contributed by atoms with Crippen LogP contribution in [0.5, 0.6) is 5.75 Å². The molecule has 2 nitrogen and oxygen atoms in total. The van der Waals surface area contributed by atoms with Crippen molar-refractivity contribution in [2.24, 2.45) is 4.99 Å². The van der Waals surface area contributed by atoms with Crippen LogP contribution in [0.1, 0.15) is 12.0 Å². The topological polar surface area (TPSA) is 21.6 Å². The van der Waals surface area contributed by atoms with Gasteiger partial charge in [0.25, 0.3) is 0 Å². The van der Waals surface area contributed by atoms with Gasteiger partial charge in [0.2, 0.25) is 0 Å². The van der Waals surface area contributed by atoms with E-state index in [1.165, 1.54) is 0 Å². The minimum Gasteiger partial charge on any atom is -0.486 e. The van der Waals surface area contributed by atoms with E-state index in [0.717, 1.165) is 17.7 Å². The van der Waals surface area contributed by atoms with E-state index in [1.807, 2.05) is 37.4 Å². The fraction of sp³-hybridized carbons (Fsp3) is 0.308. The molecule has 2 rings (SSSR count). The number of alkyl halides is 1. The molecular formula is C13H13Cl2NO. The quantitative estimate of drug-likeness (QED) is 0.761. The Morgan fingerprint density at radius 2 is 2.29 bits per heavy atom. The highest BCUT2D eigenvalue weighted by atomic mass is 35.5. The van der Waals surface area contributed by atoms with Crippen LogP contribution in [-0.4, -0.2) is 18.2 Å². The van der Waals surface area contributed by atoms with Crippen LogP contribution in [-0.2, 0) is 0 Å². The third-order valence-corrected chi connectivity index (χ3v) is 3.02. The van der Waals surface area contributed by atoms with Gasteiger partial charge in [-0.1, -0.05) is 17.7 Å². The average molecular weight is 270 g/mol. The Labute approximate surface area is 111 Å². The average Bonchev–Trinajstić information content (AvgIpc) is 2.28. The largest absolute Gasteiger partial charge is 0.486 e. The molecule has 0 radical (unpaired) electrons. The lowest BCUT2D eigenvalue weighted by molar-refractivity contribution is 0.350.